The molecule has 0 saturated carbocycles. The molecule has 15 heavy (non-hydrogen) atoms. The van der Waals surface area contributed by atoms with Crippen LogP contribution in [0.5, 0.6) is 0 Å². The number of nitrogens with zero attached hydrogens (tertiary/aromatic N) is 2. The molecule has 0 aliphatic rings. The first-order valence-corrected chi connectivity index (χ1v) is 6.83. The van der Waals surface area contributed by atoms with E-state index in [0.29, 0.717) is 0 Å². The van der Waals surface area contributed by atoms with Crippen molar-refractivity contribution in [3.8, 4) is 0 Å². The van der Waals surface area contributed by atoms with E-state index in [-0.39, 0.29) is 0 Å². The normalized spacial score (nSPS) is 12.5. The number of quaternary nitrogens is 1. The van der Waals surface area contributed by atoms with Gasteiger partial charge in [0, 0.05) is 18.7 Å². The second kappa shape index (κ2) is 5.72. The minimum Gasteiger partial charge on any atom is -0.391 e. The fourth-order valence-corrected chi connectivity index (χ4v) is 3.18. The zero-order chi connectivity index (χ0) is 11.3. The summed E-state index contributed by atoms with van der Waals surface area (Å²) in [5.74, 6) is 0. The molecule has 4 heteroatoms. The lowest BCUT2D eigenvalue weighted by atomic mass is 10.1. The summed E-state index contributed by atoms with van der Waals surface area (Å²) < 4.78 is 3.34. The Balaban J connectivity index is 2.58. The summed E-state index contributed by atoms with van der Waals surface area (Å²) in [6, 6.07) is 4.33. The Labute approximate surface area is 96.3 Å². The molecule has 0 N–H and O–H groups in total. The molecule has 0 aromatic carbocycles. The van der Waals surface area contributed by atoms with Crippen molar-refractivity contribution in [1.29, 1.82) is 0 Å². The second-order valence-electron chi connectivity index (χ2n) is 3.94. The lowest BCUT2D eigenvalue weighted by Gasteiger charge is -2.35. The van der Waals surface area contributed by atoms with Crippen LogP contribution in [0.1, 0.15) is 20.8 Å². The van der Waals surface area contributed by atoms with Crippen molar-refractivity contribution in [3.63, 3.8) is 0 Å². The lowest BCUT2D eigenvalue weighted by Crippen LogP contribution is -2.49. The van der Waals surface area contributed by atoms with E-state index in [0.717, 1.165) is 12.9 Å². The Morgan fingerprint density at radius 2 is 1.87 bits per heavy atom. The number of hydrogen-bond donors (Lipinski definition) is 0. The number of rotatable bonds is 6. The quantitative estimate of drug-likeness (QED) is 0.512. The average molecular weight is 224 g/mol. The lowest BCUT2D eigenvalue weighted by molar-refractivity contribution is -0.813. The van der Waals surface area contributed by atoms with E-state index >= 15 is 0 Å². The molecule has 1 heterocycles. The van der Waals surface area contributed by atoms with E-state index < -0.39 is 0 Å². The first-order chi connectivity index (χ1) is 7.17. The smallest absolute Gasteiger partial charge is 0.391 e. The molecule has 1 aromatic heterocycles. The predicted octanol–water partition coefficient (Wildman–Crippen LogP) is 1.74. The van der Waals surface area contributed by atoms with Gasteiger partial charge in [0.05, 0.1) is 19.6 Å². The van der Waals surface area contributed by atoms with Gasteiger partial charge in [-0.25, -0.2) is 0 Å². The van der Waals surface area contributed by atoms with Gasteiger partial charge in [0.15, 0.2) is 0 Å². The summed E-state index contributed by atoms with van der Waals surface area (Å²) in [6.07, 6.45) is 2.12. The van der Waals surface area contributed by atoms with Gasteiger partial charge in [0.25, 0.3) is 0 Å². The molecule has 0 spiro atoms. The maximum Gasteiger partial charge on any atom is 0.480 e. The molecule has 2 nitrogen and oxygen atoms in total. The fourth-order valence-electron chi connectivity index (χ4n) is 1.76. The monoisotopic (exact) mass is 224 g/mol. The summed E-state index contributed by atoms with van der Waals surface area (Å²) in [6.45, 7) is 10.4. The molecule has 1 unspecified atom stereocenters. The Morgan fingerprint density at radius 1 is 1.27 bits per heavy atom. The highest BCUT2D eigenvalue weighted by molar-refractivity contribution is 7.75. The van der Waals surface area contributed by atoms with E-state index in [2.05, 4.69) is 57.8 Å². The van der Waals surface area contributed by atoms with Crippen LogP contribution >= 0.6 is 8.46 Å². The molecule has 1 radical (unpaired) electrons. The summed E-state index contributed by atoms with van der Waals surface area (Å²) in [4.78, 5) is 0. The van der Waals surface area contributed by atoms with Crippen molar-refractivity contribution >= 4 is 21.0 Å². The molecule has 1 atom stereocenters. The van der Waals surface area contributed by atoms with E-state index in [1.54, 1.807) is 0 Å². The first-order valence-electron chi connectivity index (χ1n) is 5.75. The highest BCUT2D eigenvalue weighted by Crippen LogP contribution is 2.16. The molecule has 1 aromatic rings. The van der Waals surface area contributed by atoms with Gasteiger partial charge in [-0.1, -0.05) is 0 Å². The van der Waals surface area contributed by atoms with Crippen molar-refractivity contribution < 1.29 is 4.39 Å². The van der Waals surface area contributed by atoms with Crippen molar-refractivity contribution in [2.24, 2.45) is 7.05 Å². The molecule has 83 valence electrons. The van der Waals surface area contributed by atoms with E-state index in [1.165, 1.54) is 25.1 Å². The van der Waals surface area contributed by atoms with Crippen molar-refractivity contribution in [2.75, 3.05) is 19.6 Å². The van der Waals surface area contributed by atoms with Gasteiger partial charge in [0.1, 0.15) is 0 Å². The second-order valence-corrected chi connectivity index (χ2v) is 5.00. The summed E-state index contributed by atoms with van der Waals surface area (Å²) >= 11 is 0. The molecule has 1 rings (SSSR count). The Kier molecular flexibility index (Phi) is 4.88. The third-order valence-corrected chi connectivity index (χ3v) is 4.81. The summed E-state index contributed by atoms with van der Waals surface area (Å²) in [7, 11) is 5.41. The van der Waals surface area contributed by atoms with Gasteiger partial charge < -0.3 is 8.96 Å². The van der Waals surface area contributed by atoms with Crippen molar-refractivity contribution in [3.05, 3.63) is 18.3 Å². The highest BCUT2D eigenvalue weighted by atomic mass is 31.1. The largest absolute Gasteiger partial charge is 0.480 e. The molecular formula is C11H22BN2P+. The zero-order valence-corrected chi connectivity index (χ0v) is 11.3. The third-order valence-electron chi connectivity index (χ3n) is 3.32. The van der Waals surface area contributed by atoms with E-state index in [4.69, 9.17) is 0 Å². The van der Waals surface area contributed by atoms with Crippen LogP contribution in [0.3, 0.4) is 0 Å². The zero-order valence-electron chi connectivity index (χ0n) is 10.3. The van der Waals surface area contributed by atoms with Gasteiger partial charge in [0.2, 0.25) is 0 Å². The fraction of sp³-hybridized carbons (Fsp3) is 0.636. The number of aryl methyl sites for hydroxylation is 1. The highest BCUT2D eigenvalue weighted by Gasteiger charge is 2.24. The van der Waals surface area contributed by atoms with Crippen LogP contribution < -0.4 is 5.44 Å². The molecule has 0 bridgehead atoms. The number of hydrogen-bond acceptors (Lipinski definition) is 0. The maximum absolute atomic E-state index is 2.48. The van der Waals surface area contributed by atoms with Gasteiger partial charge in [-0.2, -0.15) is 0 Å². The Hall–Kier alpha value is -0.265. The van der Waals surface area contributed by atoms with E-state index in [1.807, 2.05) is 0 Å². The minimum atomic E-state index is 0.810. The average Bonchev–Trinajstić information content (AvgIpc) is 2.67. The molecular weight excluding hydrogens is 202 g/mol. The molecule has 0 saturated heterocycles. The van der Waals surface area contributed by atoms with Crippen LogP contribution in [0.2, 0.25) is 0 Å². The van der Waals surface area contributed by atoms with Crippen molar-refractivity contribution in [2.45, 2.75) is 20.8 Å². The van der Waals surface area contributed by atoms with Gasteiger partial charge in [-0.15, -0.1) is 0 Å². The van der Waals surface area contributed by atoms with Crippen LogP contribution in [0.25, 0.3) is 0 Å². The molecule has 0 aliphatic carbocycles. The maximum atomic E-state index is 2.48. The van der Waals surface area contributed by atoms with Crippen LogP contribution in [0.4, 0.5) is 0 Å². The van der Waals surface area contributed by atoms with E-state index in [9.17, 15) is 0 Å². The van der Waals surface area contributed by atoms with Crippen LogP contribution in [0, 0.1) is 0 Å². The topological polar surface area (TPSA) is 4.93 Å². The minimum absolute atomic E-state index is 0.810. The van der Waals surface area contributed by atoms with Crippen LogP contribution in [-0.2, 0) is 7.05 Å². The SMILES string of the molecule is CC[N+]([B]Pc1cccn1C)(CC)CC. The van der Waals surface area contributed by atoms with Gasteiger partial charge in [-0.3, -0.25) is 0 Å². The third kappa shape index (κ3) is 3.09. The standard InChI is InChI=1S/C11H22BN2P/c1-5-14(6-2,7-3)12-15-11-9-8-10-13(11)4/h8-10,15H,5-7H2,1-4H3/q+1. The predicted molar refractivity (Wildman–Crippen MR) is 71.0 cm³/mol. The Morgan fingerprint density at radius 3 is 2.27 bits per heavy atom. The van der Waals surface area contributed by atoms with Crippen LogP contribution in [-0.4, -0.2) is 35.7 Å². The van der Waals surface area contributed by atoms with Crippen LogP contribution in [0.15, 0.2) is 18.3 Å². The van der Waals surface area contributed by atoms with Crippen molar-refractivity contribution in [1.82, 2.24) is 4.57 Å². The Bertz CT molecular complexity index is 286. The molecule has 0 aliphatic heterocycles. The van der Waals surface area contributed by atoms with Gasteiger partial charge >= 0.3 is 7.13 Å². The molecule has 0 amide bonds. The first kappa shape index (κ1) is 12.8. The summed E-state index contributed by atoms with van der Waals surface area (Å²) in [5.41, 5.74) is 1.42. The summed E-state index contributed by atoms with van der Waals surface area (Å²) in [5, 5.41) is 0. The number of aromatic nitrogens is 1. The molecule has 0 fully saturated rings. The van der Waals surface area contributed by atoms with Gasteiger partial charge in [-0.05, 0) is 41.4 Å².